The Kier molecular flexibility index (Phi) is 6.99. The minimum Gasteiger partial charge on any atom is -0.352 e. The van der Waals surface area contributed by atoms with Crippen molar-refractivity contribution in [1.82, 2.24) is 9.62 Å². The van der Waals surface area contributed by atoms with Crippen LogP contribution in [0.1, 0.15) is 17.5 Å². The van der Waals surface area contributed by atoms with Gasteiger partial charge in [-0.1, -0.05) is 54.1 Å². The maximum absolute atomic E-state index is 12.0. The van der Waals surface area contributed by atoms with Gasteiger partial charge in [-0.2, -0.15) is 4.31 Å². The van der Waals surface area contributed by atoms with Crippen LogP contribution in [0.3, 0.4) is 0 Å². The van der Waals surface area contributed by atoms with Crippen molar-refractivity contribution in [2.75, 3.05) is 12.8 Å². The van der Waals surface area contributed by atoms with Crippen molar-refractivity contribution in [1.29, 1.82) is 0 Å². The maximum atomic E-state index is 12.0. The van der Waals surface area contributed by atoms with Crippen LogP contribution in [0.15, 0.2) is 54.6 Å². The Balaban J connectivity index is 1.87. The molecule has 0 radical (unpaired) electrons. The molecule has 0 aliphatic rings. The van der Waals surface area contributed by atoms with E-state index in [1.165, 1.54) is 4.31 Å². The molecule has 2 aromatic carbocycles. The number of carbonyl (C=O) groups is 1. The second-order valence-corrected chi connectivity index (χ2v) is 8.15. The summed E-state index contributed by atoms with van der Waals surface area (Å²) in [5.74, 6) is -0.198. The Hall–Kier alpha value is -1.89. The van der Waals surface area contributed by atoms with E-state index in [-0.39, 0.29) is 25.4 Å². The summed E-state index contributed by atoms with van der Waals surface area (Å²) >= 11 is 5.82. The molecule has 0 spiro atoms. The molecule has 1 amide bonds. The van der Waals surface area contributed by atoms with E-state index in [0.717, 1.165) is 17.4 Å². The van der Waals surface area contributed by atoms with Gasteiger partial charge in [0.15, 0.2) is 0 Å². The highest BCUT2D eigenvalue weighted by molar-refractivity contribution is 7.88. The van der Waals surface area contributed by atoms with Gasteiger partial charge in [-0.05, 0) is 23.3 Å². The van der Waals surface area contributed by atoms with E-state index in [1.807, 2.05) is 42.5 Å². The van der Waals surface area contributed by atoms with E-state index in [9.17, 15) is 13.2 Å². The summed E-state index contributed by atoms with van der Waals surface area (Å²) in [6.07, 6.45) is 1.26. The summed E-state index contributed by atoms with van der Waals surface area (Å²) in [5.41, 5.74) is 1.82. The molecule has 0 aromatic heterocycles. The van der Waals surface area contributed by atoms with E-state index < -0.39 is 10.0 Å². The molecule has 0 saturated heterocycles. The number of hydrogen-bond acceptors (Lipinski definition) is 3. The van der Waals surface area contributed by atoms with Crippen LogP contribution >= 0.6 is 11.6 Å². The third kappa shape index (κ3) is 6.86. The molecule has 0 aliphatic carbocycles. The summed E-state index contributed by atoms with van der Waals surface area (Å²) in [6, 6.07) is 16.5. The lowest BCUT2D eigenvalue weighted by Gasteiger charge is -2.19. The summed E-state index contributed by atoms with van der Waals surface area (Å²) in [7, 11) is -3.39. The number of rotatable bonds is 8. The van der Waals surface area contributed by atoms with Gasteiger partial charge >= 0.3 is 0 Å². The van der Waals surface area contributed by atoms with Gasteiger partial charge in [0.1, 0.15) is 0 Å². The minimum atomic E-state index is -3.39. The minimum absolute atomic E-state index is 0.105. The Morgan fingerprint density at radius 3 is 2.28 bits per heavy atom. The second-order valence-electron chi connectivity index (χ2n) is 5.74. The van der Waals surface area contributed by atoms with Crippen molar-refractivity contribution >= 4 is 27.5 Å². The standard InChI is InChI=1S/C18H21ClN2O3S/c1-25(23,24)21(14-16-5-3-2-4-6-16)12-11-18(22)20-13-15-7-9-17(19)10-8-15/h2-10H,11-14H2,1H3,(H,20,22). The molecule has 1 N–H and O–H groups in total. The van der Waals surface area contributed by atoms with Crippen molar-refractivity contribution in [3.05, 3.63) is 70.7 Å². The smallest absolute Gasteiger partial charge is 0.221 e. The van der Waals surface area contributed by atoms with Gasteiger partial charge < -0.3 is 5.32 Å². The van der Waals surface area contributed by atoms with Gasteiger partial charge in [0.2, 0.25) is 15.9 Å². The number of nitrogens with zero attached hydrogens (tertiary/aromatic N) is 1. The fraction of sp³-hybridized carbons (Fsp3) is 0.278. The summed E-state index contributed by atoms with van der Waals surface area (Å²) in [6.45, 7) is 0.776. The van der Waals surface area contributed by atoms with Crippen molar-refractivity contribution in [2.45, 2.75) is 19.5 Å². The van der Waals surface area contributed by atoms with E-state index >= 15 is 0 Å². The highest BCUT2D eigenvalue weighted by Gasteiger charge is 2.18. The Morgan fingerprint density at radius 1 is 1.04 bits per heavy atom. The largest absolute Gasteiger partial charge is 0.352 e. The van der Waals surface area contributed by atoms with E-state index in [4.69, 9.17) is 11.6 Å². The second kappa shape index (κ2) is 8.99. The van der Waals surface area contributed by atoms with E-state index in [0.29, 0.717) is 11.6 Å². The van der Waals surface area contributed by atoms with Gasteiger partial charge in [-0.15, -0.1) is 0 Å². The van der Waals surface area contributed by atoms with Crippen molar-refractivity contribution in [3.8, 4) is 0 Å². The zero-order valence-corrected chi connectivity index (χ0v) is 15.6. The molecule has 0 bridgehead atoms. The molecule has 134 valence electrons. The van der Waals surface area contributed by atoms with Crippen molar-refractivity contribution in [2.24, 2.45) is 0 Å². The number of carbonyl (C=O) groups excluding carboxylic acids is 1. The lowest BCUT2D eigenvalue weighted by atomic mass is 10.2. The van der Waals surface area contributed by atoms with Crippen LogP contribution in [0.4, 0.5) is 0 Å². The Morgan fingerprint density at radius 2 is 1.68 bits per heavy atom. The molecule has 0 aliphatic heterocycles. The molecular weight excluding hydrogens is 360 g/mol. The fourth-order valence-electron chi connectivity index (χ4n) is 2.27. The van der Waals surface area contributed by atoms with Crippen molar-refractivity contribution in [3.63, 3.8) is 0 Å². The number of sulfonamides is 1. The SMILES string of the molecule is CS(=O)(=O)N(CCC(=O)NCc1ccc(Cl)cc1)Cc1ccccc1. The average molecular weight is 381 g/mol. The van der Waals surface area contributed by atoms with Gasteiger partial charge in [-0.25, -0.2) is 8.42 Å². The van der Waals surface area contributed by atoms with Gasteiger partial charge in [0.05, 0.1) is 6.26 Å². The predicted octanol–water partition coefficient (Wildman–Crippen LogP) is 2.81. The molecule has 0 atom stereocenters. The summed E-state index contributed by atoms with van der Waals surface area (Å²) < 4.78 is 25.2. The highest BCUT2D eigenvalue weighted by Crippen LogP contribution is 2.10. The van der Waals surface area contributed by atoms with Gasteiger partial charge in [0, 0.05) is 31.1 Å². The molecule has 0 saturated carbocycles. The first kappa shape index (κ1) is 19.4. The lowest BCUT2D eigenvalue weighted by molar-refractivity contribution is -0.121. The lowest BCUT2D eigenvalue weighted by Crippen LogP contribution is -2.34. The first-order valence-corrected chi connectivity index (χ1v) is 10.1. The molecule has 0 fully saturated rings. The van der Waals surface area contributed by atoms with Crippen LogP contribution in [0, 0.1) is 0 Å². The topological polar surface area (TPSA) is 66.5 Å². The number of halogens is 1. The summed E-state index contributed by atoms with van der Waals surface area (Å²) in [5, 5.41) is 3.42. The van der Waals surface area contributed by atoms with Crippen LogP contribution in [-0.4, -0.2) is 31.4 Å². The monoisotopic (exact) mass is 380 g/mol. The average Bonchev–Trinajstić information content (AvgIpc) is 2.58. The van der Waals surface area contributed by atoms with E-state index in [1.54, 1.807) is 12.1 Å². The molecule has 2 aromatic rings. The number of amides is 1. The molecule has 2 rings (SSSR count). The normalized spacial score (nSPS) is 11.5. The summed E-state index contributed by atoms with van der Waals surface area (Å²) in [4.78, 5) is 12.0. The predicted molar refractivity (Wildman–Crippen MR) is 99.6 cm³/mol. The van der Waals surface area contributed by atoms with Gasteiger partial charge in [-0.3, -0.25) is 4.79 Å². The van der Waals surface area contributed by atoms with Crippen molar-refractivity contribution < 1.29 is 13.2 Å². The Labute approximate surface area is 153 Å². The number of hydrogen-bond donors (Lipinski definition) is 1. The van der Waals surface area contributed by atoms with Crippen LogP contribution < -0.4 is 5.32 Å². The van der Waals surface area contributed by atoms with Crippen LogP contribution in [0.2, 0.25) is 5.02 Å². The number of benzene rings is 2. The maximum Gasteiger partial charge on any atom is 0.221 e. The molecule has 25 heavy (non-hydrogen) atoms. The highest BCUT2D eigenvalue weighted by atomic mass is 35.5. The molecule has 5 nitrogen and oxygen atoms in total. The zero-order chi connectivity index (χ0) is 18.3. The first-order chi connectivity index (χ1) is 11.8. The van der Waals surface area contributed by atoms with Gasteiger partial charge in [0.25, 0.3) is 0 Å². The fourth-order valence-corrected chi connectivity index (χ4v) is 3.20. The molecule has 7 heteroatoms. The molecule has 0 heterocycles. The van der Waals surface area contributed by atoms with Crippen LogP contribution in [0.5, 0.6) is 0 Å². The number of nitrogens with one attached hydrogen (secondary N) is 1. The quantitative estimate of drug-likeness (QED) is 0.765. The first-order valence-electron chi connectivity index (χ1n) is 7.85. The van der Waals surface area contributed by atoms with Crippen LogP contribution in [0.25, 0.3) is 0 Å². The Bertz CT molecular complexity index is 793. The molecule has 0 unspecified atom stereocenters. The van der Waals surface area contributed by atoms with E-state index in [2.05, 4.69) is 5.32 Å². The zero-order valence-electron chi connectivity index (χ0n) is 14.0. The third-order valence-corrected chi connectivity index (χ3v) is 5.16. The molecular formula is C18H21ClN2O3S. The van der Waals surface area contributed by atoms with Crippen LogP contribution in [-0.2, 0) is 27.9 Å². The third-order valence-electron chi connectivity index (χ3n) is 3.66.